The van der Waals surface area contributed by atoms with Crippen molar-refractivity contribution in [3.05, 3.63) is 29.3 Å². The largest absolute Gasteiger partial charge is 0.376 e. The Morgan fingerprint density at radius 2 is 2.12 bits per heavy atom. The molecule has 2 atom stereocenters. The third kappa shape index (κ3) is 4.48. The summed E-state index contributed by atoms with van der Waals surface area (Å²) >= 11 is 0. The molecule has 0 saturated carbocycles. The maximum atomic E-state index is 12.5. The molecule has 0 radical (unpaired) electrons. The molecule has 6 nitrogen and oxygen atoms in total. The van der Waals surface area contributed by atoms with Gasteiger partial charge in [-0.2, -0.15) is 0 Å². The van der Waals surface area contributed by atoms with E-state index in [1.54, 1.807) is 13.0 Å². The highest BCUT2D eigenvalue weighted by Crippen LogP contribution is 2.26. The summed E-state index contributed by atoms with van der Waals surface area (Å²) in [4.78, 5) is 12.5. The van der Waals surface area contributed by atoms with E-state index in [4.69, 9.17) is 4.74 Å². The smallest absolute Gasteiger partial charge is 0.243 e. The number of rotatable bonds is 6. The van der Waals surface area contributed by atoms with E-state index in [2.05, 4.69) is 5.32 Å². The Bertz CT molecular complexity index is 697. The Morgan fingerprint density at radius 1 is 1.42 bits per heavy atom. The van der Waals surface area contributed by atoms with Crippen LogP contribution in [0.25, 0.3) is 0 Å². The summed E-state index contributed by atoms with van der Waals surface area (Å²) in [5, 5.41) is 2.81. The van der Waals surface area contributed by atoms with Crippen LogP contribution in [0.4, 0.5) is 5.69 Å². The zero-order valence-electron chi connectivity index (χ0n) is 14.7. The number of carbonyl (C=O) groups is 1. The van der Waals surface area contributed by atoms with Crippen molar-refractivity contribution < 1.29 is 17.9 Å². The molecule has 1 aliphatic rings. The normalized spacial score (nSPS) is 19.1. The average Bonchev–Trinajstić information content (AvgIpc) is 3.00. The standard InChI is InChI=1S/C17H26N2O4S/c1-12-7-8-13(2)16(10-12)19(24(4,21)22)14(3)17(20)18-11-15-6-5-9-23-15/h7-8,10,14-15H,5-6,9,11H2,1-4H3,(H,18,20)/t14-,15-/m0/s1. The quantitative estimate of drug-likeness (QED) is 0.844. The molecule has 1 aromatic carbocycles. The first-order valence-electron chi connectivity index (χ1n) is 8.16. The average molecular weight is 354 g/mol. The van der Waals surface area contributed by atoms with Gasteiger partial charge in [0.05, 0.1) is 18.0 Å². The molecule has 0 unspecified atom stereocenters. The lowest BCUT2D eigenvalue weighted by atomic mass is 10.1. The zero-order valence-corrected chi connectivity index (χ0v) is 15.5. The molecular weight excluding hydrogens is 328 g/mol. The van der Waals surface area contributed by atoms with Gasteiger partial charge in [-0.25, -0.2) is 8.42 Å². The lowest BCUT2D eigenvalue weighted by molar-refractivity contribution is -0.122. The molecule has 1 fully saturated rings. The highest BCUT2D eigenvalue weighted by Gasteiger charge is 2.30. The van der Waals surface area contributed by atoms with Gasteiger partial charge in [-0.15, -0.1) is 0 Å². The molecule has 7 heteroatoms. The maximum Gasteiger partial charge on any atom is 0.243 e. The van der Waals surface area contributed by atoms with Crippen LogP contribution in [0, 0.1) is 13.8 Å². The van der Waals surface area contributed by atoms with Crippen LogP contribution in [-0.4, -0.2) is 45.9 Å². The fourth-order valence-corrected chi connectivity index (χ4v) is 4.13. The van der Waals surface area contributed by atoms with Crippen LogP contribution in [0.2, 0.25) is 0 Å². The van der Waals surface area contributed by atoms with Crippen LogP contribution in [0.5, 0.6) is 0 Å². The number of nitrogens with zero attached hydrogens (tertiary/aromatic N) is 1. The molecule has 1 aromatic rings. The van der Waals surface area contributed by atoms with E-state index < -0.39 is 16.1 Å². The Labute approximate surface area is 144 Å². The summed E-state index contributed by atoms with van der Waals surface area (Å²) in [6.45, 7) is 6.46. The van der Waals surface area contributed by atoms with Gasteiger partial charge in [0, 0.05) is 13.2 Å². The molecule has 1 N–H and O–H groups in total. The Balaban J connectivity index is 2.20. The van der Waals surface area contributed by atoms with Gasteiger partial charge in [-0.3, -0.25) is 9.10 Å². The number of carbonyl (C=O) groups excluding carboxylic acids is 1. The molecule has 134 valence electrons. The Kier molecular flexibility index (Phi) is 5.87. The first kappa shape index (κ1) is 18.7. The van der Waals surface area contributed by atoms with Crippen LogP contribution >= 0.6 is 0 Å². The van der Waals surface area contributed by atoms with E-state index in [0.717, 1.165) is 30.2 Å². The molecule has 2 rings (SSSR count). The van der Waals surface area contributed by atoms with Gasteiger partial charge in [0.25, 0.3) is 0 Å². The van der Waals surface area contributed by atoms with Crippen molar-refractivity contribution in [3.8, 4) is 0 Å². The second-order valence-corrected chi connectivity index (χ2v) is 8.26. The summed E-state index contributed by atoms with van der Waals surface area (Å²) in [5.74, 6) is -0.322. The lowest BCUT2D eigenvalue weighted by Gasteiger charge is -2.30. The zero-order chi connectivity index (χ0) is 17.9. The summed E-state index contributed by atoms with van der Waals surface area (Å²) in [6.07, 6.45) is 3.06. The molecule has 0 aliphatic carbocycles. The lowest BCUT2D eigenvalue weighted by Crippen LogP contribution is -2.49. The summed E-state index contributed by atoms with van der Waals surface area (Å²) in [5.41, 5.74) is 2.29. The van der Waals surface area contributed by atoms with Crippen LogP contribution in [-0.2, 0) is 19.6 Å². The second-order valence-electron chi connectivity index (χ2n) is 6.40. The van der Waals surface area contributed by atoms with E-state index in [0.29, 0.717) is 18.8 Å². The fourth-order valence-electron chi connectivity index (χ4n) is 2.91. The number of ether oxygens (including phenoxy) is 1. The number of amides is 1. The molecule has 1 aliphatic heterocycles. The first-order valence-corrected chi connectivity index (χ1v) is 10.0. The molecule has 0 spiro atoms. The number of hydrogen-bond acceptors (Lipinski definition) is 4. The van der Waals surface area contributed by atoms with E-state index in [-0.39, 0.29) is 12.0 Å². The number of aryl methyl sites for hydroxylation is 2. The van der Waals surface area contributed by atoms with Crippen LogP contribution in [0.15, 0.2) is 18.2 Å². The second kappa shape index (κ2) is 7.53. The van der Waals surface area contributed by atoms with Gasteiger partial charge in [0.2, 0.25) is 15.9 Å². The summed E-state index contributed by atoms with van der Waals surface area (Å²) < 4.78 is 31.3. The predicted molar refractivity (Wildman–Crippen MR) is 94.7 cm³/mol. The predicted octanol–water partition coefficient (Wildman–Crippen LogP) is 1.75. The molecule has 24 heavy (non-hydrogen) atoms. The number of hydrogen-bond donors (Lipinski definition) is 1. The minimum atomic E-state index is -3.60. The minimum Gasteiger partial charge on any atom is -0.376 e. The van der Waals surface area contributed by atoms with Gasteiger partial charge in [0.1, 0.15) is 6.04 Å². The summed E-state index contributed by atoms with van der Waals surface area (Å²) in [7, 11) is -3.60. The fraction of sp³-hybridized carbons (Fsp3) is 0.588. The van der Waals surface area contributed by atoms with Crippen molar-refractivity contribution >= 4 is 21.6 Å². The van der Waals surface area contributed by atoms with E-state index >= 15 is 0 Å². The van der Waals surface area contributed by atoms with Crippen molar-refractivity contribution in [2.24, 2.45) is 0 Å². The van der Waals surface area contributed by atoms with E-state index in [1.807, 2.05) is 26.0 Å². The third-order valence-corrected chi connectivity index (χ3v) is 5.45. The highest BCUT2D eigenvalue weighted by atomic mass is 32.2. The molecule has 0 bridgehead atoms. The monoisotopic (exact) mass is 354 g/mol. The SMILES string of the molecule is Cc1ccc(C)c(N([C@@H](C)C(=O)NC[C@@H]2CCCO2)S(C)(=O)=O)c1. The molecule has 1 heterocycles. The molecule has 0 aromatic heterocycles. The van der Waals surface area contributed by atoms with E-state index in [9.17, 15) is 13.2 Å². The number of nitrogens with one attached hydrogen (secondary N) is 1. The van der Waals surface area contributed by atoms with Crippen molar-refractivity contribution in [2.75, 3.05) is 23.7 Å². The number of anilines is 1. The molecular formula is C17H26N2O4S. The Morgan fingerprint density at radius 3 is 2.71 bits per heavy atom. The van der Waals surface area contributed by atoms with Crippen molar-refractivity contribution in [1.29, 1.82) is 0 Å². The van der Waals surface area contributed by atoms with Crippen LogP contribution in [0.3, 0.4) is 0 Å². The van der Waals surface area contributed by atoms with Crippen LogP contribution < -0.4 is 9.62 Å². The van der Waals surface area contributed by atoms with Gasteiger partial charge in [-0.05, 0) is 50.8 Å². The van der Waals surface area contributed by atoms with E-state index in [1.165, 1.54) is 4.31 Å². The maximum absolute atomic E-state index is 12.5. The third-order valence-electron chi connectivity index (χ3n) is 4.22. The van der Waals surface area contributed by atoms with Crippen molar-refractivity contribution in [2.45, 2.75) is 45.8 Å². The van der Waals surface area contributed by atoms with Crippen molar-refractivity contribution in [3.63, 3.8) is 0 Å². The van der Waals surface area contributed by atoms with Crippen molar-refractivity contribution in [1.82, 2.24) is 5.32 Å². The number of sulfonamides is 1. The number of benzene rings is 1. The van der Waals surface area contributed by atoms with Gasteiger partial charge >= 0.3 is 0 Å². The van der Waals surface area contributed by atoms with Gasteiger partial charge in [-0.1, -0.05) is 12.1 Å². The minimum absolute atomic E-state index is 0.0218. The van der Waals surface area contributed by atoms with Gasteiger partial charge < -0.3 is 10.1 Å². The van der Waals surface area contributed by atoms with Crippen LogP contribution in [0.1, 0.15) is 30.9 Å². The summed E-state index contributed by atoms with van der Waals surface area (Å²) in [6, 6.07) is 4.74. The topological polar surface area (TPSA) is 75.7 Å². The highest BCUT2D eigenvalue weighted by molar-refractivity contribution is 7.92. The van der Waals surface area contributed by atoms with Gasteiger partial charge in [0.15, 0.2) is 0 Å². The molecule has 1 amide bonds. The molecule has 1 saturated heterocycles. The first-order chi connectivity index (χ1) is 11.2. The Hall–Kier alpha value is -1.60.